The molecule has 1 heterocycles. The highest BCUT2D eigenvalue weighted by atomic mass is 32.2. The Hall–Kier alpha value is -2.35. The first-order valence-electron chi connectivity index (χ1n) is 10.5. The fraction of sp³-hybridized carbons (Fsp3) is 0.333. The van der Waals surface area contributed by atoms with E-state index in [1.165, 1.54) is 0 Å². The number of anilines is 1. The fourth-order valence-corrected chi connectivity index (χ4v) is 4.82. The molecule has 2 aromatic carbocycles. The van der Waals surface area contributed by atoms with Gasteiger partial charge in [-0.15, -0.1) is 11.3 Å². The molecule has 1 N–H and O–H groups in total. The lowest BCUT2D eigenvalue weighted by molar-refractivity contribution is 0.102. The molecule has 0 atom stereocenters. The first kappa shape index (κ1) is 23.3. The number of carbonyl (C=O) groups is 1. The molecule has 0 aliphatic carbocycles. The van der Waals surface area contributed by atoms with E-state index in [1.54, 1.807) is 23.1 Å². The molecular formula is C24H29N3O2S2. The van der Waals surface area contributed by atoms with Crippen LogP contribution >= 0.6 is 23.1 Å². The van der Waals surface area contributed by atoms with Crippen molar-refractivity contribution in [1.29, 1.82) is 0 Å². The van der Waals surface area contributed by atoms with Crippen LogP contribution in [0.15, 0.2) is 58.3 Å². The Morgan fingerprint density at radius 2 is 1.87 bits per heavy atom. The van der Waals surface area contributed by atoms with Crippen LogP contribution in [0, 0.1) is 6.92 Å². The number of aromatic nitrogens is 1. The summed E-state index contributed by atoms with van der Waals surface area (Å²) in [6.07, 6.45) is 0. The minimum absolute atomic E-state index is 0.144. The number of hydrogen-bond acceptors (Lipinski definition) is 6. The van der Waals surface area contributed by atoms with Crippen LogP contribution in [0.1, 0.15) is 35.5 Å². The molecule has 1 aromatic heterocycles. The van der Waals surface area contributed by atoms with E-state index in [2.05, 4.69) is 34.4 Å². The van der Waals surface area contributed by atoms with Crippen molar-refractivity contribution in [1.82, 2.24) is 9.88 Å². The van der Waals surface area contributed by atoms with E-state index in [-0.39, 0.29) is 5.91 Å². The standard InChI is InChI=1S/C24H29N3O2S2/c1-4-27(5-2)14-15-29-22-9-7-6-8-21(22)26-23(28)20-12-10-19(11-13-20)17-31-24-25-18(3)16-30-24/h6-13,16H,4-5,14-15,17H2,1-3H3,(H,26,28). The number of ether oxygens (including phenoxy) is 1. The lowest BCUT2D eigenvalue weighted by Gasteiger charge is -2.19. The van der Waals surface area contributed by atoms with Crippen LogP contribution in [-0.2, 0) is 5.75 Å². The summed E-state index contributed by atoms with van der Waals surface area (Å²) in [5.74, 6) is 1.38. The molecule has 0 saturated carbocycles. The van der Waals surface area contributed by atoms with Gasteiger partial charge in [-0.2, -0.15) is 0 Å². The quantitative estimate of drug-likeness (QED) is 0.375. The molecule has 164 valence electrons. The molecule has 0 saturated heterocycles. The van der Waals surface area contributed by atoms with Crippen molar-refractivity contribution < 1.29 is 9.53 Å². The van der Waals surface area contributed by atoms with Gasteiger partial charge in [-0.05, 0) is 49.8 Å². The molecule has 0 spiro atoms. The summed E-state index contributed by atoms with van der Waals surface area (Å²) < 4.78 is 7.01. The summed E-state index contributed by atoms with van der Waals surface area (Å²) in [5, 5.41) is 5.04. The summed E-state index contributed by atoms with van der Waals surface area (Å²) in [4.78, 5) is 19.5. The number of thiazole rings is 1. The zero-order valence-electron chi connectivity index (χ0n) is 18.3. The van der Waals surface area contributed by atoms with Gasteiger partial charge in [0.05, 0.1) is 5.69 Å². The average Bonchev–Trinajstić information content (AvgIpc) is 3.22. The van der Waals surface area contributed by atoms with E-state index < -0.39 is 0 Å². The van der Waals surface area contributed by atoms with Gasteiger partial charge in [-0.1, -0.05) is 49.9 Å². The maximum Gasteiger partial charge on any atom is 0.255 e. The van der Waals surface area contributed by atoms with Crippen molar-refractivity contribution in [2.45, 2.75) is 30.9 Å². The Balaban J connectivity index is 1.56. The second kappa shape index (κ2) is 11.9. The average molecular weight is 456 g/mol. The lowest BCUT2D eigenvalue weighted by Crippen LogP contribution is -2.28. The second-order valence-electron chi connectivity index (χ2n) is 7.07. The molecule has 0 aliphatic heterocycles. The van der Waals surface area contributed by atoms with Gasteiger partial charge in [0.25, 0.3) is 5.91 Å². The molecule has 0 aliphatic rings. The molecule has 3 rings (SSSR count). The van der Waals surface area contributed by atoms with E-state index >= 15 is 0 Å². The Kier molecular flexibility index (Phi) is 8.94. The maximum absolute atomic E-state index is 12.7. The number of nitrogens with zero attached hydrogens (tertiary/aromatic N) is 2. The first-order chi connectivity index (χ1) is 15.1. The molecule has 0 fully saturated rings. The molecule has 5 nitrogen and oxygen atoms in total. The Labute approximate surface area is 192 Å². The van der Waals surface area contributed by atoms with E-state index in [1.807, 2.05) is 55.5 Å². The highest BCUT2D eigenvalue weighted by Crippen LogP contribution is 2.27. The number of carbonyl (C=O) groups excluding carboxylic acids is 1. The molecule has 31 heavy (non-hydrogen) atoms. The number of likely N-dealkylation sites (N-methyl/N-ethyl adjacent to an activating group) is 1. The van der Waals surface area contributed by atoms with E-state index in [9.17, 15) is 4.79 Å². The third-order valence-corrected chi connectivity index (χ3v) is 7.08. The van der Waals surface area contributed by atoms with Crippen LogP contribution in [0.2, 0.25) is 0 Å². The highest BCUT2D eigenvalue weighted by Gasteiger charge is 2.11. The minimum Gasteiger partial charge on any atom is -0.490 e. The van der Waals surface area contributed by atoms with Crippen LogP contribution in [0.4, 0.5) is 5.69 Å². The number of rotatable bonds is 11. The number of benzene rings is 2. The molecule has 0 radical (unpaired) electrons. The van der Waals surface area contributed by atoms with Crippen molar-refractivity contribution in [2.75, 3.05) is 31.6 Å². The zero-order chi connectivity index (χ0) is 22.1. The number of thioether (sulfide) groups is 1. The predicted octanol–water partition coefficient (Wildman–Crippen LogP) is 5.72. The Morgan fingerprint density at radius 1 is 1.13 bits per heavy atom. The van der Waals surface area contributed by atoms with Crippen LogP contribution < -0.4 is 10.1 Å². The Bertz CT molecular complexity index is 969. The van der Waals surface area contributed by atoms with Crippen LogP contribution in [0.3, 0.4) is 0 Å². The van der Waals surface area contributed by atoms with Gasteiger partial charge in [0, 0.05) is 28.9 Å². The van der Waals surface area contributed by atoms with Crippen molar-refractivity contribution in [3.63, 3.8) is 0 Å². The van der Waals surface area contributed by atoms with Crippen molar-refractivity contribution in [3.05, 3.63) is 70.7 Å². The zero-order valence-corrected chi connectivity index (χ0v) is 19.9. The molecule has 3 aromatic rings. The largest absolute Gasteiger partial charge is 0.490 e. The van der Waals surface area contributed by atoms with Crippen LogP contribution in [0.5, 0.6) is 5.75 Å². The summed E-state index contributed by atoms with van der Waals surface area (Å²) in [7, 11) is 0. The number of aryl methyl sites for hydroxylation is 1. The van der Waals surface area contributed by atoms with E-state index in [0.29, 0.717) is 23.6 Å². The molecule has 0 unspecified atom stereocenters. The normalized spacial score (nSPS) is 11.0. The molecular weight excluding hydrogens is 426 g/mol. The van der Waals surface area contributed by atoms with Crippen LogP contribution in [0.25, 0.3) is 0 Å². The van der Waals surface area contributed by atoms with Gasteiger partial charge in [0.2, 0.25) is 0 Å². The topological polar surface area (TPSA) is 54.5 Å². The fourth-order valence-electron chi connectivity index (χ4n) is 3.01. The third-order valence-electron chi connectivity index (χ3n) is 4.87. The summed E-state index contributed by atoms with van der Waals surface area (Å²) in [6.45, 7) is 9.72. The maximum atomic E-state index is 12.7. The predicted molar refractivity (Wildman–Crippen MR) is 131 cm³/mol. The number of nitrogens with one attached hydrogen (secondary N) is 1. The van der Waals surface area contributed by atoms with Gasteiger partial charge < -0.3 is 15.0 Å². The monoisotopic (exact) mass is 455 g/mol. The molecule has 1 amide bonds. The highest BCUT2D eigenvalue weighted by molar-refractivity contribution is 8.00. The van der Waals surface area contributed by atoms with Crippen molar-refractivity contribution >= 4 is 34.7 Å². The Morgan fingerprint density at radius 3 is 2.55 bits per heavy atom. The summed E-state index contributed by atoms with van der Waals surface area (Å²) in [6, 6.07) is 15.3. The third kappa shape index (κ3) is 7.09. The number of hydrogen-bond donors (Lipinski definition) is 1. The van der Waals surface area contributed by atoms with Crippen molar-refractivity contribution in [2.24, 2.45) is 0 Å². The van der Waals surface area contributed by atoms with Gasteiger partial charge in [0.15, 0.2) is 0 Å². The minimum atomic E-state index is -0.144. The SMILES string of the molecule is CCN(CC)CCOc1ccccc1NC(=O)c1ccc(CSc2nc(C)cs2)cc1. The molecule has 0 bridgehead atoms. The second-order valence-corrected chi connectivity index (χ2v) is 9.15. The van der Waals surface area contributed by atoms with Gasteiger partial charge in [0.1, 0.15) is 16.7 Å². The van der Waals surface area contributed by atoms with Gasteiger partial charge in [-0.25, -0.2) is 4.98 Å². The lowest BCUT2D eigenvalue weighted by atomic mass is 10.1. The number of para-hydroxylation sites is 2. The number of amides is 1. The van der Waals surface area contributed by atoms with Crippen molar-refractivity contribution in [3.8, 4) is 5.75 Å². The first-order valence-corrected chi connectivity index (χ1v) is 12.3. The van der Waals surface area contributed by atoms with Gasteiger partial charge >= 0.3 is 0 Å². The smallest absolute Gasteiger partial charge is 0.255 e. The molecule has 7 heteroatoms. The van der Waals surface area contributed by atoms with E-state index in [0.717, 1.165) is 41.0 Å². The summed E-state index contributed by atoms with van der Waals surface area (Å²) in [5.41, 5.74) is 3.52. The van der Waals surface area contributed by atoms with E-state index in [4.69, 9.17) is 4.74 Å². The van der Waals surface area contributed by atoms with Crippen LogP contribution in [-0.4, -0.2) is 42.0 Å². The summed E-state index contributed by atoms with van der Waals surface area (Å²) >= 11 is 3.37. The van der Waals surface area contributed by atoms with Gasteiger partial charge in [-0.3, -0.25) is 4.79 Å².